The van der Waals surface area contributed by atoms with E-state index in [0.29, 0.717) is 19.6 Å². The highest BCUT2D eigenvalue weighted by atomic mass is 16.5. The molecule has 0 bridgehead atoms. The number of carbonyl (C=O) groups is 2. The van der Waals surface area contributed by atoms with E-state index in [9.17, 15) is 9.59 Å². The first-order chi connectivity index (χ1) is 8.11. The SMILES string of the molecule is C=CCOC(=O)NCC1CC(CC(=O)O)CO1. The fourth-order valence-electron chi connectivity index (χ4n) is 1.69. The second kappa shape index (κ2) is 6.90. The summed E-state index contributed by atoms with van der Waals surface area (Å²) < 4.78 is 10.1. The fourth-order valence-corrected chi connectivity index (χ4v) is 1.69. The standard InChI is InChI=1S/C11H17NO5/c1-2-3-16-11(15)12-6-9-4-8(7-17-9)5-10(13)14/h2,8-9H,1,3-7H2,(H,12,15)(H,13,14). The number of hydrogen-bond donors (Lipinski definition) is 2. The lowest BCUT2D eigenvalue weighted by Gasteiger charge is -2.10. The molecule has 0 saturated carbocycles. The summed E-state index contributed by atoms with van der Waals surface area (Å²) in [7, 11) is 0. The molecule has 1 aliphatic heterocycles. The normalized spacial score (nSPS) is 23.1. The lowest BCUT2D eigenvalue weighted by molar-refractivity contribution is -0.138. The Morgan fingerprint density at radius 1 is 1.59 bits per heavy atom. The minimum absolute atomic E-state index is 0.0310. The molecule has 1 rings (SSSR count). The molecule has 96 valence electrons. The molecule has 0 aromatic carbocycles. The lowest BCUT2D eigenvalue weighted by Crippen LogP contribution is -2.32. The zero-order chi connectivity index (χ0) is 12.7. The Bertz CT molecular complexity index is 292. The van der Waals surface area contributed by atoms with Crippen molar-refractivity contribution in [2.24, 2.45) is 5.92 Å². The summed E-state index contributed by atoms with van der Waals surface area (Å²) in [6.45, 7) is 4.36. The average molecular weight is 243 g/mol. The molecule has 0 spiro atoms. The van der Waals surface area contributed by atoms with Crippen LogP contribution in [-0.2, 0) is 14.3 Å². The number of rotatable bonds is 6. The smallest absolute Gasteiger partial charge is 0.407 e. The maximum atomic E-state index is 11.1. The van der Waals surface area contributed by atoms with Gasteiger partial charge in [-0.25, -0.2) is 4.79 Å². The Labute approximate surface area is 99.6 Å². The second-order valence-corrected chi connectivity index (χ2v) is 3.92. The number of nitrogens with one attached hydrogen (secondary N) is 1. The van der Waals surface area contributed by atoms with Crippen molar-refractivity contribution in [2.75, 3.05) is 19.8 Å². The van der Waals surface area contributed by atoms with Gasteiger partial charge in [0.2, 0.25) is 0 Å². The largest absolute Gasteiger partial charge is 0.481 e. The molecule has 1 saturated heterocycles. The van der Waals surface area contributed by atoms with Gasteiger partial charge in [-0.2, -0.15) is 0 Å². The minimum Gasteiger partial charge on any atom is -0.481 e. The molecule has 17 heavy (non-hydrogen) atoms. The summed E-state index contributed by atoms with van der Waals surface area (Å²) in [5.74, 6) is -0.791. The Morgan fingerprint density at radius 2 is 2.35 bits per heavy atom. The highest BCUT2D eigenvalue weighted by Gasteiger charge is 2.27. The molecular formula is C11H17NO5. The van der Waals surface area contributed by atoms with Gasteiger partial charge in [0.05, 0.1) is 19.1 Å². The first-order valence-corrected chi connectivity index (χ1v) is 5.46. The fraction of sp³-hybridized carbons (Fsp3) is 0.636. The van der Waals surface area contributed by atoms with Crippen LogP contribution in [0, 0.1) is 5.92 Å². The third-order valence-electron chi connectivity index (χ3n) is 2.43. The zero-order valence-electron chi connectivity index (χ0n) is 9.55. The van der Waals surface area contributed by atoms with Gasteiger partial charge < -0.3 is 19.9 Å². The van der Waals surface area contributed by atoms with Crippen LogP contribution >= 0.6 is 0 Å². The molecule has 0 aliphatic carbocycles. The van der Waals surface area contributed by atoms with Gasteiger partial charge >= 0.3 is 12.1 Å². The summed E-state index contributed by atoms with van der Waals surface area (Å²) in [5.41, 5.74) is 0. The number of alkyl carbamates (subject to hydrolysis) is 1. The average Bonchev–Trinajstić information content (AvgIpc) is 2.70. The lowest BCUT2D eigenvalue weighted by atomic mass is 10.0. The molecule has 2 unspecified atom stereocenters. The number of aliphatic carboxylic acids is 1. The highest BCUT2D eigenvalue weighted by molar-refractivity contribution is 5.67. The van der Waals surface area contributed by atoms with Crippen LogP contribution in [-0.4, -0.2) is 43.0 Å². The first kappa shape index (κ1) is 13.5. The molecule has 1 amide bonds. The van der Waals surface area contributed by atoms with Gasteiger partial charge in [0.15, 0.2) is 0 Å². The van der Waals surface area contributed by atoms with Crippen molar-refractivity contribution >= 4 is 12.1 Å². The molecular weight excluding hydrogens is 226 g/mol. The van der Waals surface area contributed by atoms with Crippen molar-refractivity contribution in [1.29, 1.82) is 0 Å². The molecule has 1 fully saturated rings. The Hall–Kier alpha value is -1.56. The van der Waals surface area contributed by atoms with Crippen LogP contribution in [0.5, 0.6) is 0 Å². The Balaban J connectivity index is 2.15. The zero-order valence-corrected chi connectivity index (χ0v) is 9.55. The van der Waals surface area contributed by atoms with Crippen LogP contribution in [0.15, 0.2) is 12.7 Å². The molecule has 0 aromatic heterocycles. The summed E-state index contributed by atoms with van der Waals surface area (Å²) in [5, 5.41) is 11.2. The molecule has 6 nitrogen and oxygen atoms in total. The van der Waals surface area contributed by atoms with Crippen molar-refractivity contribution < 1.29 is 24.2 Å². The van der Waals surface area contributed by atoms with E-state index in [1.54, 1.807) is 0 Å². The molecule has 2 N–H and O–H groups in total. The van der Waals surface area contributed by atoms with Crippen molar-refractivity contribution in [1.82, 2.24) is 5.32 Å². The van der Waals surface area contributed by atoms with E-state index in [4.69, 9.17) is 14.6 Å². The van der Waals surface area contributed by atoms with Gasteiger partial charge in [0.25, 0.3) is 0 Å². The predicted octanol–water partition coefficient (Wildman–Crippen LogP) is 0.778. The monoisotopic (exact) mass is 243 g/mol. The Morgan fingerprint density at radius 3 is 3.00 bits per heavy atom. The van der Waals surface area contributed by atoms with E-state index >= 15 is 0 Å². The Kier molecular flexibility index (Phi) is 5.48. The third kappa shape index (κ3) is 5.35. The van der Waals surface area contributed by atoms with Crippen LogP contribution in [0.3, 0.4) is 0 Å². The van der Waals surface area contributed by atoms with Gasteiger partial charge in [0, 0.05) is 6.54 Å². The van der Waals surface area contributed by atoms with Crippen LogP contribution in [0.4, 0.5) is 4.79 Å². The summed E-state index contributed by atoms with van der Waals surface area (Å²) in [6, 6.07) is 0. The van der Waals surface area contributed by atoms with Crippen molar-refractivity contribution in [3.8, 4) is 0 Å². The first-order valence-electron chi connectivity index (χ1n) is 5.46. The minimum atomic E-state index is -0.822. The summed E-state index contributed by atoms with van der Waals surface area (Å²) in [4.78, 5) is 21.6. The molecule has 1 heterocycles. The van der Waals surface area contributed by atoms with Gasteiger partial charge in [-0.15, -0.1) is 0 Å². The van der Waals surface area contributed by atoms with Gasteiger partial charge in [-0.05, 0) is 12.3 Å². The summed E-state index contributed by atoms with van der Waals surface area (Å²) in [6.07, 6.45) is 1.59. The van der Waals surface area contributed by atoms with Crippen molar-refractivity contribution in [2.45, 2.75) is 18.9 Å². The number of carboxylic acids is 1. The quantitative estimate of drug-likeness (QED) is 0.673. The van der Waals surface area contributed by atoms with E-state index in [1.165, 1.54) is 6.08 Å². The maximum Gasteiger partial charge on any atom is 0.407 e. The van der Waals surface area contributed by atoms with E-state index in [2.05, 4.69) is 11.9 Å². The number of hydrogen-bond acceptors (Lipinski definition) is 4. The number of carboxylic acid groups (broad SMARTS) is 1. The topological polar surface area (TPSA) is 84.9 Å². The summed E-state index contributed by atoms with van der Waals surface area (Å²) >= 11 is 0. The number of amides is 1. The van der Waals surface area contributed by atoms with Gasteiger partial charge in [-0.3, -0.25) is 4.79 Å². The molecule has 0 radical (unpaired) electrons. The molecule has 1 aliphatic rings. The van der Waals surface area contributed by atoms with E-state index in [0.717, 1.165) is 0 Å². The number of carbonyl (C=O) groups excluding carboxylic acids is 1. The predicted molar refractivity (Wildman–Crippen MR) is 59.6 cm³/mol. The second-order valence-electron chi connectivity index (χ2n) is 3.92. The van der Waals surface area contributed by atoms with E-state index in [-0.39, 0.29) is 25.0 Å². The van der Waals surface area contributed by atoms with Crippen LogP contribution in [0.2, 0.25) is 0 Å². The van der Waals surface area contributed by atoms with Gasteiger partial charge in [0.1, 0.15) is 6.61 Å². The maximum absolute atomic E-state index is 11.1. The molecule has 6 heteroatoms. The molecule has 0 aromatic rings. The van der Waals surface area contributed by atoms with Crippen LogP contribution in [0.1, 0.15) is 12.8 Å². The van der Waals surface area contributed by atoms with Crippen molar-refractivity contribution in [3.05, 3.63) is 12.7 Å². The van der Waals surface area contributed by atoms with Gasteiger partial charge in [-0.1, -0.05) is 12.7 Å². The van der Waals surface area contributed by atoms with E-state index in [1.807, 2.05) is 0 Å². The molecule has 2 atom stereocenters. The van der Waals surface area contributed by atoms with E-state index < -0.39 is 12.1 Å². The number of ether oxygens (including phenoxy) is 2. The van der Waals surface area contributed by atoms with Crippen LogP contribution < -0.4 is 5.32 Å². The highest BCUT2D eigenvalue weighted by Crippen LogP contribution is 2.21. The van der Waals surface area contributed by atoms with Crippen LogP contribution in [0.25, 0.3) is 0 Å². The third-order valence-corrected chi connectivity index (χ3v) is 2.43. The van der Waals surface area contributed by atoms with Crippen molar-refractivity contribution in [3.63, 3.8) is 0 Å².